The summed E-state index contributed by atoms with van der Waals surface area (Å²) < 4.78 is 1.99. The number of carboxylic acids is 1. The van der Waals surface area contributed by atoms with Gasteiger partial charge in [0.25, 0.3) is 0 Å². The number of hydrogen-bond acceptors (Lipinski definition) is 3. The monoisotopic (exact) mass is 337 g/mol. The van der Waals surface area contributed by atoms with Gasteiger partial charge < -0.3 is 5.11 Å². The maximum absolute atomic E-state index is 10.8. The van der Waals surface area contributed by atoms with Gasteiger partial charge >= 0.3 is 24.8 Å². The molecule has 0 fully saturated rings. The molecule has 0 saturated carbocycles. The molecule has 0 amide bonds. The molecule has 2 aromatic heterocycles. The van der Waals surface area contributed by atoms with E-state index in [0.717, 1.165) is 33.4 Å². The number of pyridine rings is 1. The van der Waals surface area contributed by atoms with Crippen molar-refractivity contribution in [3.05, 3.63) is 78.9 Å². The SMILES string of the molecule is O=C(O)Cc1ccc(-n2cnc3cc(-c4cccnc4)ccc32)cc1.[LiH]. The summed E-state index contributed by atoms with van der Waals surface area (Å²) in [7, 11) is 0. The Balaban J connectivity index is 0.00000196. The molecule has 0 saturated heterocycles. The summed E-state index contributed by atoms with van der Waals surface area (Å²) in [5, 5.41) is 8.86. The molecule has 0 aliphatic rings. The fraction of sp³-hybridized carbons (Fsp3) is 0.0500. The Kier molecular flexibility index (Phi) is 5.22. The Hall–Kier alpha value is -2.87. The zero-order valence-electron chi connectivity index (χ0n) is 13.3. The van der Waals surface area contributed by atoms with Crippen LogP contribution < -0.4 is 0 Å². The first-order valence-corrected chi connectivity index (χ1v) is 7.89. The van der Waals surface area contributed by atoms with Crippen molar-refractivity contribution in [2.75, 3.05) is 0 Å². The van der Waals surface area contributed by atoms with Crippen molar-refractivity contribution >= 4 is 35.9 Å². The molecule has 2 aromatic carbocycles. The van der Waals surface area contributed by atoms with E-state index in [0.29, 0.717) is 0 Å². The van der Waals surface area contributed by atoms with E-state index in [1.807, 2.05) is 59.3 Å². The Bertz CT molecular complexity index is 1040. The first-order chi connectivity index (χ1) is 12.2. The number of benzene rings is 2. The molecule has 1 N–H and O–H groups in total. The van der Waals surface area contributed by atoms with Crippen LogP contribution in [0.4, 0.5) is 0 Å². The van der Waals surface area contributed by atoms with E-state index in [9.17, 15) is 4.79 Å². The molecule has 4 rings (SSSR count). The minimum atomic E-state index is -0.830. The van der Waals surface area contributed by atoms with Gasteiger partial charge in [0, 0.05) is 23.6 Å². The van der Waals surface area contributed by atoms with Crippen molar-refractivity contribution < 1.29 is 9.90 Å². The first-order valence-electron chi connectivity index (χ1n) is 7.89. The van der Waals surface area contributed by atoms with E-state index in [2.05, 4.69) is 16.0 Å². The standard InChI is InChI=1S/C20H15N3O2.Li.H/c24-20(25)10-14-3-6-17(7-4-14)23-13-22-18-11-15(5-8-19(18)23)16-2-1-9-21-12-16;;/h1-9,11-13H,10H2,(H,24,25);;. The number of aromatic nitrogens is 3. The number of aliphatic carboxylic acids is 1. The van der Waals surface area contributed by atoms with Gasteiger partial charge in [-0.2, -0.15) is 0 Å². The van der Waals surface area contributed by atoms with Crippen LogP contribution >= 0.6 is 0 Å². The van der Waals surface area contributed by atoms with Crippen LogP contribution in [0.2, 0.25) is 0 Å². The van der Waals surface area contributed by atoms with Gasteiger partial charge in [-0.05, 0) is 41.5 Å². The van der Waals surface area contributed by atoms with Crippen molar-refractivity contribution in [3.8, 4) is 16.8 Å². The van der Waals surface area contributed by atoms with Gasteiger partial charge in [0.15, 0.2) is 0 Å². The van der Waals surface area contributed by atoms with Gasteiger partial charge in [-0.15, -0.1) is 0 Å². The van der Waals surface area contributed by atoms with Crippen molar-refractivity contribution in [1.82, 2.24) is 14.5 Å². The second kappa shape index (κ2) is 7.57. The van der Waals surface area contributed by atoms with Crippen LogP contribution in [0.3, 0.4) is 0 Å². The molecular weight excluding hydrogens is 321 g/mol. The minimum absolute atomic E-state index is 0. The molecule has 0 atom stereocenters. The normalized spacial score (nSPS) is 10.5. The summed E-state index contributed by atoms with van der Waals surface area (Å²) in [6.07, 6.45) is 5.40. The number of carbonyl (C=O) groups is 1. The van der Waals surface area contributed by atoms with E-state index in [4.69, 9.17) is 5.11 Å². The molecule has 26 heavy (non-hydrogen) atoms. The van der Waals surface area contributed by atoms with Crippen LogP contribution in [-0.4, -0.2) is 44.5 Å². The topological polar surface area (TPSA) is 68.0 Å². The van der Waals surface area contributed by atoms with Crippen molar-refractivity contribution in [3.63, 3.8) is 0 Å². The van der Waals surface area contributed by atoms with Gasteiger partial charge in [0.1, 0.15) is 6.33 Å². The molecule has 4 aromatic rings. The first kappa shape index (κ1) is 17.9. The van der Waals surface area contributed by atoms with Crippen LogP contribution in [0.5, 0.6) is 0 Å². The molecule has 124 valence electrons. The average Bonchev–Trinajstić information content (AvgIpc) is 3.06. The summed E-state index contributed by atoms with van der Waals surface area (Å²) in [5.74, 6) is -0.830. The van der Waals surface area contributed by atoms with E-state index >= 15 is 0 Å². The molecule has 0 spiro atoms. The number of fused-ring (bicyclic) bond motifs is 1. The van der Waals surface area contributed by atoms with Crippen molar-refractivity contribution in [2.24, 2.45) is 0 Å². The maximum atomic E-state index is 10.8. The number of nitrogens with zero attached hydrogens (tertiary/aromatic N) is 3. The zero-order valence-corrected chi connectivity index (χ0v) is 13.3. The van der Waals surface area contributed by atoms with E-state index in [1.54, 1.807) is 12.5 Å². The molecule has 2 heterocycles. The molecule has 0 aliphatic carbocycles. The van der Waals surface area contributed by atoms with Crippen LogP contribution in [0, 0.1) is 0 Å². The van der Waals surface area contributed by atoms with Gasteiger partial charge in [-0.3, -0.25) is 14.3 Å². The molecule has 6 heteroatoms. The Morgan fingerprint density at radius 2 is 1.85 bits per heavy atom. The fourth-order valence-corrected chi connectivity index (χ4v) is 2.88. The summed E-state index contributed by atoms with van der Waals surface area (Å²) >= 11 is 0. The quantitative estimate of drug-likeness (QED) is 0.581. The predicted molar refractivity (Wildman–Crippen MR) is 103 cm³/mol. The zero-order chi connectivity index (χ0) is 17.2. The number of hydrogen-bond donors (Lipinski definition) is 1. The van der Waals surface area contributed by atoms with Gasteiger partial charge in [0.2, 0.25) is 0 Å². The Morgan fingerprint density at radius 1 is 1.04 bits per heavy atom. The molecule has 0 aliphatic heterocycles. The van der Waals surface area contributed by atoms with Crippen LogP contribution in [-0.2, 0) is 11.2 Å². The second-order valence-electron chi connectivity index (χ2n) is 5.80. The van der Waals surface area contributed by atoms with Gasteiger partial charge in [-0.25, -0.2) is 4.98 Å². The summed E-state index contributed by atoms with van der Waals surface area (Å²) in [6.45, 7) is 0. The molecular formula is C20H16LiN3O2. The summed E-state index contributed by atoms with van der Waals surface area (Å²) in [6, 6.07) is 17.6. The fourth-order valence-electron chi connectivity index (χ4n) is 2.88. The van der Waals surface area contributed by atoms with E-state index in [1.165, 1.54) is 0 Å². The Morgan fingerprint density at radius 3 is 2.54 bits per heavy atom. The molecule has 0 bridgehead atoms. The van der Waals surface area contributed by atoms with E-state index in [-0.39, 0.29) is 25.3 Å². The molecule has 0 radical (unpaired) electrons. The number of carboxylic acid groups (broad SMARTS) is 1. The number of rotatable bonds is 4. The third-order valence-electron chi connectivity index (χ3n) is 4.11. The van der Waals surface area contributed by atoms with E-state index < -0.39 is 5.97 Å². The molecule has 0 unspecified atom stereocenters. The van der Waals surface area contributed by atoms with Crippen molar-refractivity contribution in [2.45, 2.75) is 6.42 Å². The van der Waals surface area contributed by atoms with Crippen LogP contribution in [0.1, 0.15) is 5.56 Å². The Labute approximate surface area is 162 Å². The van der Waals surface area contributed by atoms with Crippen LogP contribution in [0.25, 0.3) is 27.8 Å². The molecule has 5 nitrogen and oxygen atoms in total. The van der Waals surface area contributed by atoms with Crippen molar-refractivity contribution in [1.29, 1.82) is 0 Å². The third-order valence-corrected chi connectivity index (χ3v) is 4.11. The summed E-state index contributed by atoms with van der Waals surface area (Å²) in [4.78, 5) is 19.4. The van der Waals surface area contributed by atoms with Gasteiger partial charge in [0.05, 0.1) is 17.5 Å². The van der Waals surface area contributed by atoms with Crippen LogP contribution in [0.15, 0.2) is 73.3 Å². The third kappa shape index (κ3) is 3.55. The second-order valence-corrected chi connectivity index (χ2v) is 5.80. The predicted octanol–water partition coefficient (Wildman–Crippen LogP) is 3.07. The summed E-state index contributed by atoms with van der Waals surface area (Å²) in [5.41, 5.74) is 5.75. The average molecular weight is 337 g/mol. The van der Waals surface area contributed by atoms with Gasteiger partial charge in [-0.1, -0.05) is 24.3 Å². The number of imidazole rings is 1.